The van der Waals surface area contributed by atoms with Crippen molar-refractivity contribution in [2.75, 3.05) is 24.1 Å². The molecule has 146 valence electrons. The normalized spacial score (nSPS) is 11.9. The molecule has 2 aromatic rings. The van der Waals surface area contributed by atoms with Crippen LogP contribution in [0.3, 0.4) is 0 Å². The number of guanidine groups is 1. The summed E-state index contributed by atoms with van der Waals surface area (Å²) in [5.41, 5.74) is 1.62. The second-order valence-corrected chi connectivity index (χ2v) is 8.15. The second-order valence-electron chi connectivity index (χ2n) is 5.87. The average Bonchev–Trinajstić information content (AvgIpc) is 2.61. The quantitative estimate of drug-likeness (QED) is 0.482. The number of sulfonamides is 1. The number of aliphatic imine (C=N–C) groups is 1. The third kappa shape index (κ3) is 7.07. The molecule has 0 aliphatic carbocycles. The van der Waals surface area contributed by atoms with Gasteiger partial charge in [0.05, 0.1) is 11.4 Å². The maximum atomic E-state index is 13.5. The minimum absolute atomic E-state index is 0.138. The lowest BCUT2D eigenvalue weighted by molar-refractivity contribution is 0.599. The summed E-state index contributed by atoms with van der Waals surface area (Å²) in [5, 5.41) is 6.65. The highest BCUT2D eigenvalue weighted by Gasteiger charge is 2.12. The first-order valence-corrected chi connectivity index (χ1v) is 10.3. The van der Waals surface area contributed by atoms with Crippen LogP contribution < -0.4 is 15.4 Å². The van der Waals surface area contributed by atoms with Crippen LogP contribution in [0.5, 0.6) is 0 Å². The van der Waals surface area contributed by atoms with E-state index in [9.17, 15) is 12.8 Å². The molecule has 0 aromatic heterocycles. The van der Waals surface area contributed by atoms with E-state index >= 15 is 0 Å². The number of benzene rings is 2. The number of hydrogen-bond donors (Lipinski definition) is 3. The molecule has 9 heteroatoms. The molecule has 0 atom stereocenters. The molecule has 0 unspecified atom stereocenters. The zero-order valence-corrected chi connectivity index (χ0v) is 16.7. The number of halogens is 2. The fourth-order valence-corrected chi connectivity index (χ4v) is 3.42. The first kappa shape index (κ1) is 21.0. The fraction of sp³-hybridized carbons (Fsp3) is 0.278. The van der Waals surface area contributed by atoms with Crippen LogP contribution in [0.1, 0.15) is 11.1 Å². The molecule has 0 aliphatic heterocycles. The van der Waals surface area contributed by atoms with Gasteiger partial charge in [-0.05, 0) is 42.3 Å². The maximum Gasteiger partial charge on any atom is 0.234 e. The number of hydrogen-bond acceptors (Lipinski definition) is 3. The Kier molecular flexibility index (Phi) is 7.44. The monoisotopic (exact) mass is 412 g/mol. The van der Waals surface area contributed by atoms with Crippen LogP contribution in [0, 0.1) is 12.7 Å². The van der Waals surface area contributed by atoms with Gasteiger partial charge in [0, 0.05) is 25.2 Å². The summed E-state index contributed by atoms with van der Waals surface area (Å²) in [7, 11) is -2.03. The zero-order valence-electron chi connectivity index (χ0n) is 15.1. The number of aryl methyl sites for hydroxylation is 1. The Bertz CT molecular complexity index is 919. The minimum Gasteiger partial charge on any atom is -0.355 e. The molecule has 0 amide bonds. The molecule has 0 saturated carbocycles. The Morgan fingerprint density at radius 3 is 2.63 bits per heavy atom. The van der Waals surface area contributed by atoms with Gasteiger partial charge >= 0.3 is 0 Å². The highest BCUT2D eigenvalue weighted by atomic mass is 35.5. The second kappa shape index (κ2) is 9.57. The number of anilines is 1. The van der Waals surface area contributed by atoms with E-state index < -0.39 is 15.8 Å². The summed E-state index contributed by atoms with van der Waals surface area (Å²) in [4.78, 5) is 4.05. The molecule has 0 fully saturated rings. The fourth-order valence-electron chi connectivity index (χ4n) is 2.24. The van der Waals surface area contributed by atoms with E-state index in [0.29, 0.717) is 23.1 Å². The molecule has 0 spiro atoms. The van der Waals surface area contributed by atoms with Gasteiger partial charge in [-0.1, -0.05) is 29.8 Å². The van der Waals surface area contributed by atoms with E-state index in [1.165, 1.54) is 12.1 Å². The molecule has 0 radical (unpaired) electrons. The van der Waals surface area contributed by atoms with E-state index in [-0.39, 0.29) is 18.0 Å². The standard InChI is InChI=1S/C18H22ClFN4O2S/c1-13-6-7-16(11-17(13)20)24-27(25,26)9-8-22-18(21-2)23-12-14-4-3-5-15(19)10-14/h3-7,10-11,24H,8-9,12H2,1-2H3,(H2,21,22,23). The lowest BCUT2D eigenvalue weighted by Crippen LogP contribution is -2.39. The van der Waals surface area contributed by atoms with Crippen molar-refractivity contribution < 1.29 is 12.8 Å². The van der Waals surface area contributed by atoms with Crippen molar-refractivity contribution in [2.24, 2.45) is 4.99 Å². The van der Waals surface area contributed by atoms with Gasteiger partial charge in [0.15, 0.2) is 5.96 Å². The van der Waals surface area contributed by atoms with Crippen molar-refractivity contribution >= 4 is 33.3 Å². The Balaban J connectivity index is 1.82. The summed E-state index contributed by atoms with van der Waals surface area (Å²) < 4.78 is 40.2. The van der Waals surface area contributed by atoms with E-state index in [1.54, 1.807) is 20.0 Å². The number of nitrogens with zero attached hydrogens (tertiary/aromatic N) is 1. The molecule has 2 aromatic carbocycles. The smallest absolute Gasteiger partial charge is 0.234 e. The molecular formula is C18H22ClFN4O2S. The molecule has 27 heavy (non-hydrogen) atoms. The van der Waals surface area contributed by atoms with Gasteiger partial charge in [-0.25, -0.2) is 12.8 Å². The maximum absolute atomic E-state index is 13.5. The van der Waals surface area contributed by atoms with Crippen molar-refractivity contribution in [3.8, 4) is 0 Å². The van der Waals surface area contributed by atoms with Gasteiger partial charge in [0.25, 0.3) is 0 Å². The van der Waals surface area contributed by atoms with Crippen LogP contribution >= 0.6 is 11.6 Å². The Morgan fingerprint density at radius 2 is 1.96 bits per heavy atom. The first-order valence-electron chi connectivity index (χ1n) is 8.24. The van der Waals surface area contributed by atoms with Crippen LogP contribution in [-0.4, -0.2) is 33.7 Å². The van der Waals surface area contributed by atoms with Gasteiger partial charge in [-0.2, -0.15) is 0 Å². The van der Waals surface area contributed by atoms with E-state index in [0.717, 1.165) is 11.6 Å². The molecule has 0 saturated heterocycles. The van der Waals surface area contributed by atoms with Gasteiger partial charge < -0.3 is 10.6 Å². The zero-order chi connectivity index (χ0) is 19.9. The van der Waals surface area contributed by atoms with Gasteiger partial charge in [-0.3, -0.25) is 9.71 Å². The highest BCUT2D eigenvalue weighted by molar-refractivity contribution is 7.92. The number of nitrogens with one attached hydrogen (secondary N) is 3. The molecule has 2 rings (SSSR count). The lowest BCUT2D eigenvalue weighted by Gasteiger charge is -2.13. The van der Waals surface area contributed by atoms with E-state index in [1.807, 2.05) is 18.2 Å². The van der Waals surface area contributed by atoms with Gasteiger partial charge in [0.1, 0.15) is 5.82 Å². The van der Waals surface area contributed by atoms with E-state index in [4.69, 9.17) is 11.6 Å². The van der Waals surface area contributed by atoms with Crippen LogP contribution in [0.15, 0.2) is 47.5 Å². The SMILES string of the molecule is CN=C(NCCS(=O)(=O)Nc1ccc(C)c(F)c1)NCc1cccc(Cl)c1. The Morgan fingerprint density at radius 1 is 1.19 bits per heavy atom. The lowest BCUT2D eigenvalue weighted by atomic mass is 10.2. The average molecular weight is 413 g/mol. The minimum atomic E-state index is -3.62. The van der Waals surface area contributed by atoms with Crippen molar-refractivity contribution in [3.05, 3.63) is 64.4 Å². The number of rotatable bonds is 7. The molecule has 0 aliphatic rings. The van der Waals surface area contributed by atoms with Gasteiger partial charge in [0.2, 0.25) is 10.0 Å². The summed E-state index contributed by atoms with van der Waals surface area (Å²) in [5.74, 6) is -0.189. The first-order chi connectivity index (χ1) is 12.8. The molecule has 0 bridgehead atoms. The van der Waals surface area contributed by atoms with Crippen LogP contribution in [-0.2, 0) is 16.6 Å². The van der Waals surface area contributed by atoms with Crippen LogP contribution in [0.4, 0.5) is 10.1 Å². The summed E-state index contributed by atoms with van der Waals surface area (Å²) >= 11 is 5.94. The largest absolute Gasteiger partial charge is 0.355 e. The summed E-state index contributed by atoms with van der Waals surface area (Å²) in [6, 6.07) is 11.6. The Hall–Kier alpha value is -2.32. The predicted octanol–water partition coefficient (Wildman–Crippen LogP) is 2.89. The third-order valence-corrected chi connectivity index (χ3v) is 5.20. The predicted molar refractivity (Wildman–Crippen MR) is 108 cm³/mol. The van der Waals surface area contributed by atoms with Crippen molar-refractivity contribution in [1.82, 2.24) is 10.6 Å². The third-order valence-electron chi connectivity index (χ3n) is 3.68. The van der Waals surface area contributed by atoms with E-state index in [2.05, 4.69) is 20.3 Å². The summed E-state index contributed by atoms with van der Waals surface area (Å²) in [6.07, 6.45) is 0. The Labute approximate surface area is 163 Å². The summed E-state index contributed by atoms with van der Waals surface area (Å²) in [6.45, 7) is 2.24. The molecule has 0 heterocycles. The van der Waals surface area contributed by atoms with Crippen LogP contribution in [0.2, 0.25) is 5.02 Å². The van der Waals surface area contributed by atoms with Gasteiger partial charge in [-0.15, -0.1) is 0 Å². The van der Waals surface area contributed by atoms with Crippen molar-refractivity contribution in [3.63, 3.8) is 0 Å². The van der Waals surface area contributed by atoms with Crippen LogP contribution in [0.25, 0.3) is 0 Å². The van der Waals surface area contributed by atoms with Crippen molar-refractivity contribution in [1.29, 1.82) is 0 Å². The molecule has 3 N–H and O–H groups in total. The highest BCUT2D eigenvalue weighted by Crippen LogP contribution is 2.15. The van der Waals surface area contributed by atoms with Crippen molar-refractivity contribution in [2.45, 2.75) is 13.5 Å². The molecular weight excluding hydrogens is 391 g/mol. The topological polar surface area (TPSA) is 82.6 Å². The molecule has 6 nitrogen and oxygen atoms in total.